The average molecular weight is 599 g/mol. The summed E-state index contributed by atoms with van der Waals surface area (Å²) >= 11 is 1.27. The second-order valence-electron chi connectivity index (χ2n) is 10.1. The van der Waals surface area contributed by atoms with Gasteiger partial charge in [0.1, 0.15) is 24.0 Å². The number of amides is 1. The van der Waals surface area contributed by atoms with Crippen LogP contribution in [-0.2, 0) is 4.79 Å². The Kier molecular flexibility index (Phi) is 9.16. The van der Waals surface area contributed by atoms with Crippen LogP contribution in [0.2, 0.25) is 0 Å². The molecule has 0 saturated heterocycles. The number of carbonyl (C=O) groups is 1. The zero-order chi connectivity index (χ0) is 30.5. The van der Waals surface area contributed by atoms with Crippen LogP contribution in [0, 0.1) is 12.3 Å². The number of nitrogens with one attached hydrogen (secondary N) is 1. The topological polar surface area (TPSA) is 106 Å². The summed E-state index contributed by atoms with van der Waals surface area (Å²) in [5, 5.41) is 15.8. The summed E-state index contributed by atoms with van der Waals surface area (Å²) in [6.07, 6.45) is 2.67. The van der Waals surface area contributed by atoms with Gasteiger partial charge in [0, 0.05) is 5.56 Å². The fraction of sp³-hybridized carbons (Fsp3) is 0.273. The van der Waals surface area contributed by atoms with Crippen molar-refractivity contribution in [2.45, 2.75) is 33.1 Å². The van der Waals surface area contributed by atoms with E-state index in [1.807, 2.05) is 43.3 Å². The number of aryl methyl sites for hydroxylation is 1. The molecule has 0 saturated carbocycles. The van der Waals surface area contributed by atoms with Crippen LogP contribution in [0.15, 0.2) is 76.3 Å². The molecule has 1 atom stereocenters. The predicted octanol–water partition coefficient (Wildman–Crippen LogP) is 6.65. The molecular formula is C33H34N4O5S. The van der Waals surface area contributed by atoms with E-state index in [9.17, 15) is 4.79 Å². The molecule has 222 valence electrons. The van der Waals surface area contributed by atoms with Gasteiger partial charge in [-0.25, -0.2) is 0 Å². The van der Waals surface area contributed by atoms with Gasteiger partial charge in [0.15, 0.2) is 17.3 Å². The van der Waals surface area contributed by atoms with E-state index >= 15 is 0 Å². The number of hydrazone groups is 1. The van der Waals surface area contributed by atoms with Gasteiger partial charge in [-0.2, -0.15) is 15.1 Å². The van der Waals surface area contributed by atoms with Gasteiger partial charge in [0.05, 0.1) is 19.8 Å². The molecule has 2 heterocycles. The van der Waals surface area contributed by atoms with Gasteiger partial charge < -0.3 is 18.9 Å². The minimum atomic E-state index is -0.516. The SMILES string of the molecule is CC[C@H](C)c1ccc(OCCOc2c(OC)cc(/C=C3\C(=N)N4N=C(c5ccccc5C)SC4=NC3=O)cc2OC)cc1. The van der Waals surface area contributed by atoms with E-state index in [-0.39, 0.29) is 18.0 Å². The number of hydrogen-bond donors (Lipinski definition) is 1. The molecule has 0 aliphatic carbocycles. The highest BCUT2D eigenvalue weighted by Crippen LogP contribution is 2.40. The molecule has 3 aromatic rings. The molecule has 10 heteroatoms. The lowest BCUT2D eigenvalue weighted by molar-refractivity contribution is -0.114. The second-order valence-corrected chi connectivity index (χ2v) is 11.0. The Labute approximate surface area is 255 Å². The third-order valence-electron chi connectivity index (χ3n) is 7.28. The molecule has 0 fully saturated rings. The first-order valence-corrected chi connectivity index (χ1v) is 14.8. The number of benzene rings is 3. The third-order valence-corrected chi connectivity index (χ3v) is 8.23. The Morgan fingerprint density at radius 3 is 2.33 bits per heavy atom. The van der Waals surface area contributed by atoms with Gasteiger partial charge in [-0.15, -0.1) is 0 Å². The van der Waals surface area contributed by atoms with Gasteiger partial charge in [0.25, 0.3) is 5.91 Å². The number of rotatable bonds is 11. The Morgan fingerprint density at radius 2 is 1.67 bits per heavy atom. The maximum Gasteiger partial charge on any atom is 0.283 e. The number of methoxy groups -OCH3 is 2. The monoisotopic (exact) mass is 598 g/mol. The first-order valence-electron chi connectivity index (χ1n) is 14.0. The lowest BCUT2D eigenvalue weighted by Crippen LogP contribution is -2.35. The van der Waals surface area contributed by atoms with Crippen molar-refractivity contribution in [3.8, 4) is 23.0 Å². The van der Waals surface area contributed by atoms with E-state index in [0.717, 1.165) is 23.3 Å². The summed E-state index contributed by atoms with van der Waals surface area (Å²) in [5.41, 5.74) is 3.95. The summed E-state index contributed by atoms with van der Waals surface area (Å²) in [6.45, 7) is 6.96. The maximum absolute atomic E-state index is 13.0. The van der Waals surface area contributed by atoms with Gasteiger partial charge in [-0.3, -0.25) is 10.2 Å². The zero-order valence-corrected chi connectivity index (χ0v) is 25.7. The fourth-order valence-electron chi connectivity index (χ4n) is 4.64. The summed E-state index contributed by atoms with van der Waals surface area (Å²) < 4.78 is 23.1. The first kappa shape index (κ1) is 29.9. The lowest BCUT2D eigenvalue weighted by Gasteiger charge is -2.20. The molecule has 1 N–H and O–H groups in total. The van der Waals surface area contributed by atoms with Crippen molar-refractivity contribution in [2.24, 2.45) is 10.1 Å². The molecule has 5 rings (SSSR count). The highest BCUT2D eigenvalue weighted by molar-refractivity contribution is 8.27. The molecule has 0 spiro atoms. The van der Waals surface area contributed by atoms with Crippen LogP contribution in [0.5, 0.6) is 23.0 Å². The smallest absolute Gasteiger partial charge is 0.283 e. The van der Waals surface area contributed by atoms with Crippen LogP contribution in [0.3, 0.4) is 0 Å². The Morgan fingerprint density at radius 1 is 1.00 bits per heavy atom. The molecule has 0 radical (unpaired) electrons. The van der Waals surface area contributed by atoms with Gasteiger partial charge in [0.2, 0.25) is 10.9 Å². The Hall–Kier alpha value is -4.57. The van der Waals surface area contributed by atoms with Gasteiger partial charge >= 0.3 is 0 Å². The zero-order valence-electron chi connectivity index (χ0n) is 24.8. The molecule has 3 aromatic carbocycles. The first-order chi connectivity index (χ1) is 20.8. The van der Waals surface area contributed by atoms with Crippen LogP contribution in [0.4, 0.5) is 0 Å². The molecular weight excluding hydrogens is 564 g/mol. The highest BCUT2D eigenvalue weighted by atomic mass is 32.2. The molecule has 9 nitrogen and oxygen atoms in total. The second kappa shape index (κ2) is 13.2. The maximum atomic E-state index is 13.0. The number of carbonyl (C=O) groups excluding carboxylic acids is 1. The molecule has 0 aromatic heterocycles. The van der Waals surface area contributed by atoms with Crippen LogP contribution in [-0.4, -0.2) is 54.4 Å². The molecule has 0 unspecified atom stereocenters. The number of nitrogens with zero attached hydrogens (tertiary/aromatic N) is 3. The summed E-state index contributed by atoms with van der Waals surface area (Å²) in [5.74, 6) is 1.95. The number of aliphatic imine (C=N–C) groups is 1. The quantitative estimate of drug-likeness (QED) is 0.195. The van der Waals surface area contributed by atoms with E-state index < -0.39 is 5.91 Å². The number of fused-ring (bicyclic) bond motifs is 1. The average Bonchev–Trinajstić information content (AvgIpc) is 3.45. The van der Waals surface area contributed by atoms with E-state index in [1.54, 1.807) is 18.2 Å². The number of hydrogen-bond acceptors (Lipinski definition) is 8. The van der Waals surface area contributed by atoms with Gasteiger partial charge in [-0.05, 0) is 78.1 Å². The molecule has 2 aliphatic heterocycles. The van der Waals surface area contributed by atoms with E-state index in [1.165, 1.54) is 36.6 Å². The predicted molar refractivity (Wildman–Crippen MR) is 171 cm³/mol. The molecule has 0 bridgehead atoms. The summed E-state index contributed by atoms with van der Waals surface area (Å²) in [7, 11) is 3.06. The number of ether oxygens (including phenoxy) is 4. The van der Waals surface area contributed by atoms with Crippen molar-refractivity contribution in [1.82, 2.24) is 5.01 Å². The van der Waals surface area contributed by atoms with Crippen molar-refractivity contribution < 1.29 is 23.7 Å². The van der Waals surface area contributed by atoms with Crippen LogP contribution < -0.4 is 18.9 Å². The Balaban J connectivity index is 1.30. The minimum Gasteiger partial charge on any atom is -0.493 e. The third kappa shape index (κ3) is 6.44. The van der Waals surface area contributed by atoms with Crippen molar-refractivity contribution in [2.75, 3.05) is 27.4 Å². The van der Waals surface area contributed by atoms with Crippen LogP contribution in [0.1, 0.15) is 48.4 Å². The molecule has 1 amide bonds. The van der Waals surface area contributed by atoms with Crippen molar-refractivity contribution in [1.29, 1.82) is 5.41 Å². The van der Waals surface area contributed by atoms with Crippen molar-refractivity contribution in [3.63, 3.8) is 0 Å². The van der Waals surface area contributed by atoms with Gasteiger partial charge in [-0.1, -0.05) is 50.2 Å². The Bertz CT molecular complexity index is 1610. The minimum absolute atomic E-state index is 0.0568. The van der Waals surface area contributed by atoms with Crippen LogP contribution >= 0.6 is 11.8 Å². The highest BCUT2D eigenvalue weighted by Gasteiger charge is 2.36. The van der Waals surface area contributed by atoms with Crippen LogP contribution in [0.25, 0.3) is 6.08 Å². The standard InChI is InChI=1S/C33H34N4O5S/c1-6-20(2)23-11-13-24(14-12-23)41-15-16-42-29-27(39-4)18-22(19-28(29)40-5)17-26-30(34)37-33(35-31(26)38)43-32(36-37)25-10-8-7-9-21(25)3/h7-14,17-20,34H,6,15-16H2,1-5H3/b26-17+,34-30?/t20-/m0/s1. The summed E-state index contributed by atoms with van der Waals surface area (Å²) in [6, 6.07) is 19.4. The van der Waals surface area contributed by atoms with E-state index in [4.69, 9.17) is 24.4 Å². The fourth-order valence-corrected chi connectivity index (χ4v) is 5.62. The molecule has 2 aliphatic rings. The summed E-state index contributed by atoms with van der Waals surface area (Å²) in [4.78, 5) is 17.2. The normalized spacial score (nSPS) is 16.0. The number of thioether (sulfide) groups is 1. The largest absolute Gasteiger partial charge is 0.493 e. The van der Waals surface area contributed by atoms with E-state index in [2.05, 4.69) is 36.1 Å². The van der Waals surface area contributed by atoms with Crippen molar-refractivity contribution in [3.05, 3.63) is 88.5 Å². The van der Waals surface area contributed by atoms with E-state index in [0.29, 0.717) is 45.5 Å². The van der Waals surface area contributed by atoms with Crippen molar-refractivity contribution >= 4 is 39.8 Å². The number of amidine groups is 2. The molecule has 43 heavy (non-hydrogen) atoms. The lowest BCUT2D eigenvalue weighted by atomic mass is 9.99.